The van der Waals surface area contributed by atoms with Gasteiger partial charge >= 0.3 is 0 Å². The highest BCUT2D eigenvalue weighted by Gasteiger charge is 2.23. The fourth-order valence-electron chi connectivity index (χ4n) is 7.17. The molecule has 0 amide bonds. The number of likely N-dealkylation sites (tertiary alicyclic amines) is 2. The molecule has 0 bridgehead atoms. The fraction of sp³-hybridized carbons (Fsp3) is 0.525. The summed E-state index contributed by atoms with van der Waals surface area (Å²) in [5.41, 5.74) is 4.34. The lowest BCUT2D eigenvalue weighted by Gasteiger charge is -2.21. The molecule has 7 nitrogen and oxygen atoms in total. The maximum absolute atomic E-state index is 6.63. The molecule has 2 fully saturated rings. The smallest absolute Gasteiger partial charge is 0.144 e. The van der Waals surface area contributed by atoms with Crippen LogP contribution >= 0.6 is 0 Å². The third-order valence-corrected chi connectivity index (χ3v) is 10.2. The van der Waals surface area contributed by atoms with Crippen molar-refractivity contribution in [1.29, 1.82) is 0 Å². The van der Waals surface area contributed by atoms with Gasteiger partial charge < -0.3 is 28.6 Å². The molecule has 3 aromatic carbocycles. The zero-order chi connectivity index (χ0) is 32.8. The first-order valence-electron chi connectivity index (χ1n) is 18.0. The van der Waals surface area contributed by atoms with Crippen molar-refractivity contribution in [2.45, 2.75) is 96.7 Å². The summed E-state index contributed by atoms with van der Waals surface area (Å²) in [6, 6.07) is 22.1. The van der Waals surface area contributed by atoms with Crippen molar-refractivity contribution in [1.82, 2.24) is 19.4 Å². The van der Waals surface area contributed by atoms with Crippen molar-refractivity contribution in [2.75, 3.05) is 40.4 Å². The van der Waals surface area contributed by atoms with Crippen molar-refractivity contribution in [3.63, 3.8) is 0 Å². The van der Waals surface area contributed by atoms with Gasteiger partial charge in [0.05, 0.1) is 29.8 Å². The maximum Gasteiger partial charge on any atom is 0.144 e. The Kier molecular flexibility index (Phi) is 11.0. The Hall–Kier alpha value is -3.55. The first kappa shape index (κ1) is 33.4. The van der Waals surface area contributed by atoms with Crippen LogP contribution in [-0.2, 0) is 6.54 Å². The largest absolute Gasteiger partial charge is 0.493 e. The summed E-state index contributed by atoms with van der Waals surface area (Å²) in [6.07, 6.45) is 9.25. The predicted octanol–water partition coefficient (Wildman–Crippen LogP) is 9.15. The Morgan fingerprint density at radius 3 is 2.09 bits per heavy atom. The summed E-state index contributed by atoms with van der Waals surface area (Å²) in [5, 5.41) is 0. The lowest BCUT2D eigenvalue weighted by atomic mass is 10.0. The third kappa shape index (κ3) is 8.13. The summed E-state index contributed by atoms with van der Waals surface area (Å²) in [4.78, 5) is 10.1. The molecule has 2 unspecified atom stereocenters. The van der Waals surface area contributed by atoms with E-state index in [1.807, 2.05) is 6.07 Å². The number of ether oxygens (including phenoxy) is 3. The topological polar surface area (TPSA) is 52.0 Å². The molecule has 2 aliphatic rings. The second-order valence-electron chi connectivity index (χ2n) is 13.9. The minimum Gasteiger partial charge on any atom is -0.493 e. The first-order valence-corrected chi connectivity index (χ1v) is 18.0. The van der Waals surface area contributed by atoms with E-state index in [-0.39, 0.29) is 0 Å². The molecule has 3 heterocycles. The van der Waals surface area contributed by atoms with Gasteiger partial charge in [0.15, 0.2) is 0 Å². The van der Waals surface area contributed by atoms with Crippen LogP contribution in [-0.4, -0.2) is 71.8 Å². The molecular formula is C40H54N4O3. The van der Waals surface area contributed by atoms with E-state index in [1.54, 1.807) is 0 Å². The van der Waals surface area contributed by atoms with Gasteiger partial charge in [-0.05, 0) is 120 Å². The monoisotopic (exact) mass is 638 g/mol. The van der Waals surface area contributed by atoms with Crippen molar-refractivity contribution in [3.8, 4) is 34.4 Å². The van der Waals surface area contributed by atoms with Gasteiger partial charge in [0.25, 0.3) is 0 Å². The lowest BCUT2D eigenvalue weighted by Crippen LogP contribution is -2.26. The first-order chi connectivity index (χ1) is 22.9. The molecule has 2 saturated heterocycles. The summed E-state index contributed by atoms with van der Waals surface area (Å²) < 4.78 is 21.6. The highest BCUT2D eigenvalue weighted by Crippen LogP contribution is 2.37. The molecule has 0 spiro atoms. The van der Waals surface area contributed by atoms with Crippen molar-refractivity contribution >= 4 is 11.0 Å². The average Bonchev–Trinajstić information content (AvgIpc) is 3.78. The number of nitrogens with zero attached hydrogens (tertiary/aromatic N) is 4. The SMILES string of the molecule is CCCCn1c(-c2ccc(OCCC3CCCN3C)cc2OCCC2CCCN2C)nc2ccc(Oc3ccc(C(C)C)cc3)cc21. The third-order valence-electron chi connectivity index (χ3n) is 10.2. The zero-order valence-corrected chi connectivity index (χ0v) is 29.2. The van der Waals surface area contributed by atoms with Crippen molar-refractivity contribution in [2.24, 2.45) is 0 Å². The van der Waals surface area contributed by atoms with Gasteiger partial charge in [-0.15, -0.1) is 0 Å². The molecule has 2 aliphatic heterocycles. The van der Waals surface area contributed by atoms with Gasteiger partial charge in [0.1, 0.15) is 28.8 Å². The molecule has 47 heavy (non-hydrogen) atoms. The molecule has 2 atom stereocenters. The van der Waals surface area contributed by atoms with Crippen LogP contribution in [0.15, 0.2) is 60.7 Å². The minimum atomic E-state index is 0.490. The summed E-state index contributed by atoms with van der Waals surface area (Å²) in [5.74, 6) is 4.78. The van der Waals surface area contributed by atoms with Gasteiger partial charge in [0, 0.05) is 30.8 Å². The molecule has 0 saturated carbocycles. The van der Waals surface area contributed by atoms with E-state index in [9.17, 15) is 0 Å². The minimum absolute atomic E-state index is 0.490. The van der Waals surface area contributed by atoms with Crippen LogP contribution < -0.4 is 14.2 Å². The van der Waals surface area contributed by atoms with Crippen molar-refractivity contribution < 1.29 is 14.2 Å². The second-order valence-corrected chi connectivity index (χ2v) is 13.9. The van der Waals surface area contributed by atoms with Crippen LogP contribution in [0.1, 0.15) is 83.6 Å². The van der Waals surface area contributed by atoms with Crippen LogP contribution in [0, 0.1) is 0 Å². The standard InChI is InChI=1S/C40H54N4O3/c1-6-7-24-44-38-27-35(47-33-14-12-30(13-15-33)29(2)3)17-19-37(38)41-40(44)36-18-16-34(45-25-20-31-10-8-22-42(31)4)28-39(36)46-26-21-32-11-9-23-43(32)5/h12-19,27-29,31-32H,6-11,20-26H2,1-5H3. The van der Waals surface area contributed by atoms with Crippen LogP contribution in [0.5, 0.6) is 23.0 Å². The number of fused-ring (bicyclic) bond motifs is 1. The maximum atomic E-state index is 6.63. The Morgan fingerprint density at radius 2 is 1.45 bits per heavy atom. The van der Waals surface area contributed by atoms with Crippen LogP contribution in [0.3, 0.4) is 0 Å². The van der Waals surface area contributed by atoms with E-state index >= 15 is 0 Å². The molecule has 0 aliphatic carbocycles. The number of hydrogen-bond donors (Lipinski definition) is 0. The molecule has 7 heteroatoms. The molecule has 0 N–H and O–H groups in total. The highest BCUT2D eigenvalue weighted by atomic mass is 16.5. The van der Waals surface area contributed by atoms with Gasteiger partial charge in [-0.3, -0.25) is 0 Å². The molecule has 1 aromatic heterocycles. The second kappa shape index (κ2) is 15.6. The summed E-state index contributed by atoms with van der Waals surface area (Å²) >= 11 is 0. The highest BCUT2D eigenvalue weighted by molar-refractivity contribution is 5.83. The number of benzene rings is 3. The number of aromatic nitrogens is 2. The fourth-order valence-corrected chi connectivity index (χ4v) is 7.17. The predicted molar refractivity (Wildman–Crippen MR) is 192 cm³/mol. The molecular weight excluding hydrogens is 584 g/mol. The summed E-state index contributed by atoms with van der Waals surface area (Å²) in [7, 11) is 4.46. The average molecular weight is 639 g/mol. The molecule has 0 radical (unpaired) electrons. The zero-order valence-electron chi connectivity index (χ0n) is 29.2. The van der Waals surface area contributed by atoms with E-state index in [4.69, 9.17) is 19.2 Å². The lowest BCUT2D eigenvalue weighted by molar-refractivity contribution is 0.227. The van der Waals surface area contributed by atoms with Crippen molar-refractivity contribution in [3.05, 3.63) is 66.2 Å². The summed E-state index contributed by atoms with van der Waals surface area (Å²) in [6.45, 7) is 11.3. The van der Waals surface area contributed by atoms with E-state index < -0.39 is 0 Å². The van der Waals surface area contributed by atoms with Gasteiger partial charge in [0.2, 0.25) is 0 Å². The Balaban J connectivity index is 1.28. The van der Waals surface area contributed by atoms with Crippen LogP contribution in [0.2, 0.25) is 0 Å². The van der Waals surface area contributed by atoms with Gasteiger partial charge in [-0.1, -0.05) is 39.3 Å². The number of aryl methyl sites for hydroxylation is 1. The Labute approximate surface area is 281 Å². The van der Waals surface area contributed by atoms with Crippen LogP contribution in [0.25, 0.3) is 22.4 Å². The van der Waals surface area contributed by atoms with E-state index in [2.05, 4.69) is 104 Å². The normalized spacial score (nSPS) is 18.9. The van der Waals surface area contributed by atoms with E-state index in [0.717, 1.165) is 77.6 Å². The Bertz CT molecular complexity index is 1600. The van der Waals surface area contributed by atoms with E-state index in [1.165, 1.54) is 44.3 Å². The molecule has 4 aromatic rings. The number of rotatable bonds is 15. The number of unbranched alkanes of at least 4 members (excludes halogenated alkanes) is 1. The molecule has 252 valence electrons. The number of hydrogen-bond acceptors (Lipinski definition) is 6. The van der Waals surface area contributed by atoms with E-state index in [0.29, 0.717) is 31.2 Å². The molecule has 6 rings (SSSR count). The van der Waals surface area contributed by atoms with Gasteiger partial charge in [-0.25, -0.2) is 4.98 Å². The van der Waals surface area contributed by atoms with Crippen LogP contribution in [0.4, 0.5) is 0 Å². The quantitative estimate of drug-likeness (QED) is 0.129. The number of imidazole rings is 1. The Morgan fingerprint density at radius 1 is 0.787 bits per heavy atom. The van der Waals surface area contributed by atoms with Gasteiger partial charge in [-0.2, -0.15) is 0 Å².